The number of halogens is 1. The Hall–Kier alpha value is -0.620. The Balaban J connectivity index is 0.00000128. The molecule has 1 unspecified atom stereocenters. The van der Waals surface area contributed by atoms with Crippen molar-refractivity contribution in [3.63, 3.8) is 0 Å². The first-order valence-corrected chi connectivity index (χ1v) is 5.88. The number of nitrogens with zero attached hydrogens (tertiary/aromatic N) is 1. The van der Waals surface area contributed by atoms with Crippen molar-refractivity contribution in [3.8, 4) is 0 Å². The van der Waals surface area contributed by atoms with Crippen LogP contribution in [0.15, 0.2) is 11.4 Å². The predicted octanol–water partition coefficient (Wildman–Crippen LogP) is 0.802. The maximum atomic E-state index is 10.9. The molecule has 1 amide bonds. The van der Waals surface area contributed by atoms with Crippen LogP contribution >= 0.6 is 23.7 Å². The van der Waals surface area contributed by atoms with Crippen LogP contribution in [-0.2, 0) is 6.54 Å². The minimum atomic E-state index is -0.351. The molecule has 0 saturated carbocycles. The zero-order valence-corrected chi connectivity index (χ0v) is 10.5. The van der Waals surface area contributed by atoms with E-state index < -0.39 is 0 Å². The molecule has 1 aliphatic heterocycles. The second-order valence-corrected chi connectivity index (χ2v) is 4.95. The standard InChI is InChI=1S/C10H15N3OS.ClH/c11-8-1-2-13(4-8)5-9-3-7(6-15-9)10(12)14;/h3,6,8H,1-2,4-5,11H2,(H2,12,14);1H. The van der Waals surface area contributed by atoms with Gasteiger partial charge in [0.15, 0.2) is 0 Å². The molecular weight excluding hydrogens is 246 g/mol. The Labute approximate surface area is 105 Å². The normalized spacial score (nSPS) is 20.7. The molecular formula is C10H16ClN3OS. The van der Waals surface area contributed by atoms with Gasteiger partial charge < -0.3 is 11.5 Å². The summed E-state index contributed by atoms with van der Waals surface area (Å²) in [7, 11) is 0. The summed E-state index contributed by atoms with van der Waals surface area (Å²) in [6.07, 6.45) is 1.06. The van der Waals surface area contributed by atoms with Crippen molar-refractivity contribution in [3.05, 3.63) is 21.9 Å². The van der Waals surface area contributed by atoms with Crippen LogP contribution in [0.25, 0.3) is 0 Å². The van der Waals surface area contributed by atoms with Crippen LogP contribution in [0.5, 0.6) is 0 Å². The predicted molar refractivity (Wildman–Crippen MR) is 68.0 cm³/mol. The van der Waals surface area contributed by atoms with E-state index in [1.54, 1.807) is 11.3 Å². The number of thiophene rings is 1. The highest BCUT2D eigenvalue weighted by Crippen LogP contribution is 2.18. The summed E-state index contributed by atoms with van der Waals surface area (Å²) < 4.78 is 0. The number of nitrogens with two attached hydrogens (primary N) is 2. The van der Waals surface area contributed by atoms with Gasteiger partial charge in [-0.3, -0.25) is 9.69 Å². The molecule has 0 radical (unpaired) electrons. The first-order chi connectivity index (χ1) is 7.15. The highest BCUT2D eigenvalue weighted by Gasteiger charge is 2.19. The van der Waals surface area contributed by atoms with Crippen molar-refractivity contribution in [2.75, 3.05) is 13.1 Å². The molecule has 1 aliphatic rings. The van der Waals surface area contributed by atoms with E-state index in [9.17, 15) is 4.79 Å². The smallest absolute Gasteiger partial charge is 0.249 e. The third kappa shape index (κ3) is 3.18. The number of carbonyl (C=O) groups is 1. The average Bonchev–Trinajstić information content (AvgIpc) is 2.76. The van der Waals surface area contributed by atoms with E-state index in [1.165, 1.54) is 4.88 Å². The average molecular weight is 262 g/mol. The van der Waals surface area contributed by atoms with E-state index in [2.05, 4.69) is 4.90 Å². The van der Waals surface area contributed by atoms with E-state index in [0.717, 1.165) is 26.1 Å². The van der Waals surface area contributed by atoms with E-state index in [4.69, 9.17) is 11.5 Å². The van der Waals surface area contributed by atoms with E-state index in [1.807, 2.05) is 11.4 Å². The molecule has 16 heavy (non-hydrogen) atoms. The minimum absolute atomic E-state index is 0. The zero-order valence-electron chi connectivity index (χ0n) is 8.89. The SMILES string of the molecule is Cl.NC(=O)c1csc(CN2CCC(N)C2)c1. The second kappa shape index (κ2) is 5.63. The molecule has 1 aromatic heterocycles. The number of amides is 1. The number of hydrogen-bond acceptors (Lipinski definition) is 4. The lowest BCUT2D eigenvalue weighted by Crippen LogP contribution is -2.25. The van der Waals surface area contributed by atoms with Crippen LogP contribution in [0, 0.1) is 0 Å². The first-order valence-electron chi connectivity index (χ1n) is 5.00. The Kier molecular flexibility index (Phi) is 4.73. The highest BCUT2D eigenvalue weighted by atomic mass is 35.5. The third-order valence-electron chi connectivity index (χ3n) is 2.63. The van der Waals surface area contributed by atoms with Gasteiger partial charge in [-0.15, -0.1) is 23.7 Å². The molecule has 0 bridgehead atoms. The van der Waals surface area contributed by atoms with Crippen molar-refractivity contribution in [2.45, 2.75) is 19.0 Å². The van der Waals surface area contributed by atoms with Crippen LogP contribution in [0.4, 0.5) is 0 Å². The quantitative estimate of drug-likeness (QED) is 0.846. The van der Waals surface area contributed by atoms with Crippen LogP contribution in [0.3, 0.4) is 0 Å². The molecule has 90 valence electrons. The van der Waals surface area contributed by atoms with Crippen LogP contribution in [0.2, 0.25) is 0 Å². The van der Waals surface area contributed by atoms with Gasteiger partial charge >= 0.3 is 0 Å². The molecule has 0 spiro atoms. The number of primary amides is 1. The van der Waals surface area contributed by atoms with Gasteiger partial charge in [0.25, 0.3) is 0 Å². The van der Waals surface area contributed by atoms with Crippen molar-refractivity contribution in [2.24, 2.45) is 11.5 Å². The van der Waals surface area contributed by atoms with Gasteiger partial charge in [0.1, 0.15) is 0 Å². The maximum absolute atomic E-state index is 10.9. The molecule has 1 fully saturated rings. The number of hydrogen-bond donors (Lipinski definition) is 2. The fourth-order valence-electron chi connectivity index (χ4n) is 1.82. The summed E-state index contributed by atoms with van der Waals surface area (Å²) in [4.78, 5) is 14.4. The van der Waals surface area contributed by atoms with Crippen molar-refractivity contribution in [1.29, 1.82) is 0 Å². The fraction of sp³-hybridized carbons (Fsp3) is 0.500. The second-order valence-electron chi connectivity index (χ2n) is 3.95. The Morgan fingerprint density at radius 3 is 2.88 bits per heavy atom. The molecule has 4 N–H and O–H groups in total. The topological polar surface area (TPSA) is 72.4 Å². The number of likely N-dealkylation sites (tertiary alicyclic amines) is 1. The summed E-state index contributed by atoms with van der Waals surface area (Å²) in [5, 5.41) is 1.81. The molecule has 6 heteroatoms. The lowest BCUT2D eigenvalue weighted by Gasteiger charge is -2.13. The van der Waals surface area contributed by atoms with Gasteiger partial charge in [0.05, 0.1) is 5.56 Å². The highest BCUT2D eigenvalue weighted by molar-refractivity contribution is 7.10. The van der Waals surface area contributed by atoms with Crippen molar-refractivity contribution < 1.29 is 4.79 Å². The Morgan fingerprint density at radius 2 is 2.38 bits per heavy atom. The summed E-state index contributed by atoms with van der Waals surface area (Å²) >= 11 is 1.58. The molecule has 1 aromatic rings. The van der Waals surface area contributed by atoms with Crippen LogP contribution in [0.1, 0.15) is 21.7 Å². The number of carbonyl (C=O) groups excluding carboxylic acids is 1. The minimum Gasteiger partial charge on any atom is -0.366 e. The first kappa shape index (κ1) is 13.4. The Morgan fingerprint density at radius 1 is 1.62 bits per heavy atom. The molecule has 2 heterocycles. The summed E-state index contributed by atoms with van der Waals surface area (Å²) in [5.74, 6) is -0.351. The molecule has 1 saturated heterocycles. The summed E-state index contributed by atoms with van der Waals surface area (Å²) in [6, 6.07) is 2.18. The van der Waals surface area contributed by atoms with Crippen molar-refractivity contribution in [1.82, 2.24) is 4.90 Å². The summed E-state index contributed by atoms with van der Waals surface area (Å²) in [5.41, 5.74) is 11.6. The monoisotopic (exact) mass is 261 g/mol. The lowest BCUT2D eigenvalue weighted by molar-refractivity contribution is 0.100. The summed E-state index contributed by atoms with van der Waals surface area (Å²) in [6.45, 7) is 2.88. The molecule has 0 aliphatic carbocycles. The molecule has 1 atom stereocenters. The van der Waals surface area contributed by atoms with Gasteiger partial charge in [-0.1, -0.05) is 0 Å². The van der Waals surface area contributed by atoms with E-state index in [-0.39, 0.29) is 18.3 Å². The van der Waals surface area contributed by atoms with Gasteiger partial charge in [0, 0.05) is 35.9 Å². The largest absolute Gasteiger partial charge is 0.366 e. The molecule has 0 aromatic carbocycles. The van der Waals surface area contributed by atoms with Crippen LogP contribution in [-0.4, -0.2) is 29.9 Å². The van der Waals surface area contributed by atoms with Crippen molar-refractivity contribution >= 4 is 29.7 Å². The van der Waals surface area contributed by atoms with Crippen LogP contribution < -0.4 is 11.5 Å². The van der Waals surface area contributed by atoms with E-state index >= 15 is 0 Å². The van der Waals surface area contributed by atoms with Gasteiger partial charge in [-0.25, -0.2) is 0 Å². The zero-order chi connectivity index (χ0) is 10.8. The van der Waals surface area contributed by atoms with Gasteiger partial charge in [0.2, 0.25) is 5.91 Å². The Bertz CT molecular complexity index is 369. The van der Waals surface area contributed by atoms with Gasteiger partial charge in [-0.05, 0) is 12.5 Å². The van der Waals surface area contributed by atoms with E-state index in [0.29, 0.717) is 11.6 Å². The third-order valence-corrected chi connectivity index (χ3v) is 3.55. The number of rotatable bonds is 3. The van der Waals surface area contributed by atoms with Gasteiger partial charge in [-0.2, -0.15) is 0 Å². The maximum Gasteiger partial charge on any atom is 0.249 e. The molecule has 4 nitrogen and oxygen atoms in total. The lowest BCUT2D eigenvalue weighted by atomic mass is 10.3. The molecule has 2 rings (SSSR count). The fourth-order valence-corrected chi connectivity index (χ4v) is 2.73.